The van der Waals surface area contributed by atoms with E-state index in [1.54, 1.807) is 18.2 Å². The fourth-order valence-corrected chi connectivity index (χ4v) is 2.55. The van der Waals surface area contributed by atoms with E-state index < -0.39 is 16.1 Å². The Morgan fingerprint density at radius 1 is 1.37 bits per heavy atom. The zero-order valence-corrected chi connectivity index (χ0v) is 11.5. The molecule has 1 atom stereocenters. The van der Waals surface area contributed by atoms with Gasteiger partial charge >= 0.3 is 5.97 Å². The molecule has 0 aromatic heterocycles. The molecule has 1 N–H and O–H groups in total. The van der Waals surface area contributed by atoms with Crippen molar-refractivity contribution in [2.75, 3.05) is 11.0 Å². The quantitative estimate of drug-likeness (QED) is 0.854. The van der Waals surface area contributed by atoms with Crippen molar-refractivity contribution < 1.29 is 17.9 Å². The Bertz CT molecular complexity index is 634. The first kappa shape index (κ1) is 13.6. The molecule has 0 saturated carbocycles. The second-order valence-electron chi connectivity index (χ2n) is 4.36. The first-order chi connectivity index (χ1) is 8.89. The van der Waals surface area contributed by atoms with Crippen LogP contribution in [0.4, 0.5) is 5.69 Å². The summed E-state index contributed by atoms with van der Waals surface area (Å²) in [6.45, 7) is 1.99. The summed E-state index contributed by atoms with van der Waals surface area (Å²) in [5.41, 5.74) is 2.28. The number of cyclic esters (lactones) is 1. The number of sulfonamides is 1. The SMILES string of the molecule is CCc1ccc(NS(C)(=O)=O)cc1C1C=CC(=O)O1. The van der Waals surface area contributed by atoms with Crippen molar-refractivity contribution in [1.29, 1.82) is 0 Å². The van der Waals surface area contributed by atoms with Gasteiger partial charge in [0.05, 0.1) is 6.26 Å². The van der Waals surface area contributed by atoms with Crippen LogP contribution in [0.5, 0.6) is 0 Å². The van der Waals surface area contributed by atoms with Gasteiger partial charge in [0.25, 0.3) is 0 Å². The van der Waals surface area contributed by atoms with E-state index in [4.69, 9.17) is 4.74 Å². The van der Waals surface area contributed by atoms with E-state index >= 15 is 0 Å². The lowest BCUT2D eigenvalue weighted by Crippen LogP contribution is -2.11. The third kappa shape index (κ3) is 3.35. The lowest BCUT2D eigenvalue weighted by molar-refractivity contribution is -0.138. The van der Waals surface area contributed by atoms with E-state index in [1.807, 2.05) is 13.0 Å². The Labute approximate surface area is 112 Å². The average Bonchev–Trinajstić information content (AvgIpc) is 2.73. The third-order valence-corrected chi connectivity index (χ3v) is 3.39. The fraction of sp³-hybridized carbons (Fsp3) is 0.308. The predicted octanol–water partition coefficient (Wildman–Crippen LogP) is 1.77. The molecule has 0 fully saturated rings. The molecule has 0 spiro atoms. The van der Waals surface area contributed by atoms with Gasteiger partial charge in [-0.2, -0.15) is 0 Å². The summed E-state index contributed by atoms with van der Waals surface area (Å²) < 4.78 is 30.0. The largest absolute Gasteiger partial charge is 0.450 e. The molecule has 6 heteroatoms. The van der Waals surface area contributed by atoms with Crippen LogP contribution in [0.3, 0.4) is 0 Å². The minimum absolute atomic E-state index is 0.381. The van der Waals surface area contributed by atoms with Gasteiger partial charge in [-0.05, 0) is 30.2 Å². The second kappa shape index (κ2) is 5.05. The second-order valence-corrected chi connectivity index (χ2v) is 6.11. The van der Waals surface area contributed by atoms with Gasteiger partial charge in [-0.3, -0.25) is 4.72 Å². The van der Waals surface area contributed by atoms with Crippen LogP contribution < -0.4 is 4.72 Å². The van der Waals surface area contributed by atoms with Crippen molar-refractivity contribution in [1.82, 2.24) is 0 Å². The smallest absolute Gasteiger partial charge is 0.331 e. The summed E-state index contributed by atoms with van der Waals surface area (Å²) in [5, 5.41) is 0. The number of ether oxygens (including phenoxy) is 1. The van der Waals surface area contributed by atoms with Crippen molar-refractivity contribution in [3.8, 4) is 0 Å². The maximum atomic E-state index is 11.2. The molecule has 0 radical (unpaired) electrons. The first-order valence-corrected chi connectivity index (χ1v) is 7.77. The maximum absolute atomic E-state index is 11.2. The molecule has 1 aliphatic heterocycles. The number of hydrogen-bond donors (Lipinski definition) is 1. The van der Waals surface area contributed by atoms with Gasteiger partial charge in [-0.15, -0.1) is 0 Å². The Morgan fingerprint density at radius 2 is 2.11 bits per heavy atom. The van der Waals surface area contributed by atoms with E-state index in [2.05, 4.69) is 4.72 Å². The monoisotopic (exact) mass is 281 g/mol. The summed E-state index contributed by atoms with van der Waals surface area (Å²) >= 11 is 0. The molecule has 19 heavy (non-hydrogen) atoms. The highest BCUT2D eigenvalue weighted by molar-refractivity contribution is 7.92. The molecule has 0 amide bonds. The predicted molar refractivity (Wildman–Crippen MR) is 72.3 cm³/mol. The fourth-order valence-electron chi connectivity index (χ4n) is 2.00. The lowest BCUT2D eigenvalue weighted by atomic mass is 10.00. The number of aryl methyl sites for hydroxylation is 1. The highest BCUT2D eigenvalue weighted by atomic mass is 32.2. The highest BCUT2D eigenvalue weighted by Crippen LogP contribution is 2.29. The van der Waals surface area contributed by atoms with E-state index in [0.717, 1.165) is 23.8 Å². The van der Waals surface area contributed by atoms with Crippen molar-refractivity contribution in [2.24, 2.45) is 0 Å². The van der Waals surface area contributed by atoms with Gasteiger partial charge < -0.3 is 4.74 Å². The van der Waals surface area contributed by atoms with Crippen LogP contribution in [0.1, 0.15) is 24.2 Å². The lowest BCUT2D eigenvalue weighted by Gasteiger charge is -2.15. The van der Waals surface area contributed by atoms with Crippen LogP contribution in [-0.4, -0.2) is 20.6 Å². The molecule has 1 aromatic rings. The van der Waals surface area contributed by atoms with Crippen molar-refractivity contribution in [3.05, 3.63) is 41.5 Å². The molecular formula is C13H15NO4S. The Morgan fingerprint density at radius 3 is 2.63 bits per heavy atom. The van der Waals surface area contributed by atoms with Gasteiger partial charge in [0.1, 0.15) is 6.10 Å². The van der Waals surface area contributed by atoms with Gasteiger partial charge in [0.2, 0.25) is 10.0 Å². The third-order valence-electron chi connectivity index (χ3n) is 2.79. The van der Waals surface area contributed by atoms with Crippen LogP contribution in [0.25, 0.3) is 0 Å². The van der Waals surface area contributed by atoms with E-state index in [-0.39, 0.29) is 5.97 Å². The summed E-state index contributed by atoms with van der Waals surface area (Å²) in [7, 11) is -3.32. The van der Waals surface area contributed by atoms with Gasteiger partial charge in [0.15, 0.2) is 0 Å². The molecule has 0 saturated heterocycles. The Kier molecular flexibility index (Phi) is 3.61. The zero-order valence-electron chi connectivity index (χ0n) is 10.7. The minimum Gasteiger partial charge on any atom is -0.450 e. The number of benzene rings is 1. The normalized spacial score (nSPS) is 18.4. The van der Waals surface area contributed by atoms with Gasteiger partial charge in [-0.25, -0.2) is 13.2 Å². The maximum Gasteiger partial charge on any atom is 0.331 e. The van der Waals surface area contributed by atoms with Crippen LogP contribution >= 0.6 is 0 Å². The van der Waals surface area contributed by atoms with Crippen molar-refractivity contribution >= 4 is 21.7 Å². The van der Waals surface area contributed by atoms with Crippen LogP contribution in [-0.2, 0) is 26.0 Å². The number of hydrogen-bond acceptors (Lipinski definition) is 4. The topological polar surface area (TPSA) is 72.5 Å². The summed E-state index contributed by atoms with van der Waals surface area (Å²) in [6, 6.07) is 5.24. The molecule has 1 unspecified atom stereocenters. The standard InChI is InChI=1S/C13H15NO4S/c1-3-9-4-5-10(14-19(2,16)17)8-11(9)12-6-7-13(15)18-12/h4-8,12,14H,3H2,1-2H3. The summed E-state index contributed by atoms with van der Waals surface area (Å²) in [4.78, 5) is 11.1. The van der Waals surface area contributed by atoms with Crippen molar-refractivity contribution in [2.45, 2.75) is 19.4 Å². The molecule has 1 aromatic carbocycles. The van der Waals surface area contributed by atoms with Crippen LogP contribution in [0.2, 0.25) is 0 Å². The number of carbonyl (C=O) groups is 1. The molecule has 2 rings (SSSR count). The molecule has 0 bridgehead atoms. The van der Waals surface area contributed by atoms with E-state index in [0.29, 0.717) is 5.69 Å². The number of carbonyl (C=O) groups excluding carboxylic acids is 1. The highest BCUT2D eigenvalue weighted by Gasteiger charge is 2.21. The zero-order chi connectivity index (χ0) is 14.0. The van der Waals surface area contributed by atoms with Gasteiger partial charge in [0, 0.05) is 17.3 Å². The molecule has 5 nitrogen and oxygen atoms in total. The van der Waals surface area contributed by atoms with Crippen LogP contribution in [0.15, 0.2) is 30.4 Å². The number of anilines is 1. The summed E-state index contributed by atoms with van der Waals surface area (Å²) in [5.74, 6) is -0.381. The number of rotatable bonds is 4. The summed E-state index contributed by atoms with van der Waals surface area (Å²) in [6.07, 6.45) is 4.47. The van der Waals surface area contributed by atoms with E-state index in [1.165, 1.54) is 6.08 Å². The van der Waals surface area contributed by atoms with Crippen LogP contribution in [0, 0.1) is 0 Å². The van der Waals surface area contributed by atoms with E-state index in [9.17, 15) is 13.2 Å². The Hall–Kier alpha value is -1.82. The Balaban J connectivity index is 2.37. The van der Waals surface area contributed by atoms with Gasteiger partial charge in [-0.1, -0.05) is 13.0 Å². The molecule has 0 aliphatic carbocycles. The molecule has 1 heterocycles. The molecular weight excluding hydrogens is 266 g/mol. The first-order valence-electron chi connectivity index (χ1n) is 5.88. The molecule has 102 valence electrons. The molecule has 1 aliphatic rings. The minimum atomic E-state index is -3.32. The number of nitrogens with one attached hydrogen (secondary N) is 1. The number of esters is 1. The average molecular weight is 281 g/mol. The van der Waals surface area contributed by atoms with Crippen molar-refractivity contribution in [3.63, 3.8) is 0 Å².